The second kappa shape index (κ2) is 5.19. The zero-order valence-electron chi connectivity index (χ0n) is 9.80. The standard InChI is InChI=1S/C14H26/c1-2-3-7-12-10-14(11-12)13-8-5-4-6-9-13/h12-14H,2-11H2,1H3. The maximum absolute atomic E-state index is 2.32. The van der Waals surface area contributed by atoms with Crippen molar-refractivity contribution in [2.75, 3.05) is 0 Å². The molecule has 0 nitrogen and oxygen atoms in total. The number of hydrogen-bond donors (Lipinski definition) is 0. The van der Waals surface area contributed by atoms with Gasteiger partial charge in [0.25, 0.3) is 0 Å². The van der Waals surface area contributed by atoms with E-state index in [1.54, 1.807) is 25.7 Å². The summed E-state index contributed by atoms with van der Waals surface area (Å²) in [5, 5.41) is 0. The zero-order chi connectivity index (χ0) is 9.80. The molecule has 2 aliphatic carbocycles. The van der Waals surface area contributed by atoms with Gasteiger partial charge in [0, 0.05) is 0 Å². The molecular weight excluding hydrogens is 168 g/mol. The molecule has 2 saturated carbocycles. The minimum absolute atomic E-state index is 1.13. The van der Waals surface area contributed by atoms with Gasteiger partial charge in [-0.2, -0.15) is 0 Å². The van der Waals surface area contributed by atoms with Crippen LogP contribution in [0.2, 0.25) is 0 Å². The molecule has 0 aromatic rings. The Kier molecular flexibility index (Phi) is 3.89. The quantitative estimate of drug-likeness (QED) is 0.604. The number of unbranched alkanes of at least 4 members (excludes halogenated alkanes) is 1. The summed E-state index contributed by atoms with van der Waals surface area (Å²) >= 11 is 0. The Hall–Kier alpha value is 0. The van der Waals surface area contributed by atoms with Crippen molar-refractivity contribution in [2.45, 2.75) is 71.1 Å². The fourth-order valence-electron chi connectivity index (χ4n) is 3.51. The summed E-state index contributed by atoms with van der Waals surface area (Å²) in [6.45, 7) is 2.32. The Morgan fingerprint density at radius 3 is 2.29 bits per heavy atom. The molecule has 14 heavy (non-hydrogen) atoms. The first-order valence-corrected chi connectivity index (χ1v) is 6.90. The lowest BCUT2D eigenvalue weighted by Crippen LogP contribution is -2.31. The summed E-state index contributed by atoms with van der Waals surface area (Å²) in [6.07, 6.45) is 15.3. The average Bonchev–Trinajstić information content (AvgIpc) is 2.17. The van der Waals surface area contributed by atoms with E-state index in [-0.39, 0.29) is 0 Å². The van der Waals surface area contributed by atoms with Crippen LogP contribution in [0.3, 0.4) is 0 Å². The summed E-state index contributed by atoms with van der Waals surface area (Å²) < 4.78 is 0. The minimum atomic E-state index is 1.13. The van der Waals surface area contributed by atoms with E-state index < -0.39 is 0 Å². The molecule has 2 aliphatic rings. The summed E-state index contributed by atoms with van der Waals surface area (Å²) in [4.78, 5) is 0. The summed E-state index contributed by atoms with van der Waals surface area (Å²) in [5.74, 6) is 3.42. The van der Waals surface area contributed by atoms with E-state index >= 15 is 0 Å². The molecule has 0 heterocycles. The van der Waals surface area contributed by atoms with E-state index in [0.29, 0.717) is 0 Å². The van der Waals surface area contributed by atoms with E-state index in [4.69, 9.17) is 0 Å². The van der Waals surface area contributed by atoms with Crippen LogP contribution in [0.1, 0.15) is 71.1 Å². The molecule has 0 heteroatoms. The van der Waals surface area contributed by atoms with E-state index in [0.717, 1.165) is 17.8 Å². The van der Waals surface area contributed by atoms with E-state index in [1.807, 2.05) is 0 Å². The van der Waals surface area contributed by atoms with Crippen LogP contribution in [0.5, 0.6) is 0 Å². The van der Waals surface area contributed by atoms with Crippen molar-refractivity contribution in [3.63, 3.8) is 0 Å². The van der Waals surface area contributed by atoms with Crippen molar-refractivity contribution in [1.29, 1.82) is 0 Å². The van der Waals surface area contributed by atoms with E-state index in [2.05, 4.69) is 6.92 Å². The lowest BCUT2D eigenvalue weighted by atomic mass is 9.64. The molecule has 82 valence electrons. The molecule has 2 fully saturated rings. The Labute approximate surface area is 89.5 Å². The maximum Gasteiger partial charge on any atom is -0.0381 e. The van der Waals surface area contributed by atoms with Crippen molar-refractivity contribution in [2.24, 2.45) is 17.8 Å². The van der Waals surface area contributed by atoms with Gasteiger partial charge in [0.15, 0.2) is 0 Å². The Bertz CT molecular complexity index is 149. The predicted octanol–water partition coefficient (Wildman–Crippen LogP) is 4.78. The third kappa shape index (κ3) is 2.52. The monoisotopic (exact) mass is 194 g/mol. The molecule has 0 bridgehead atoms. The first-order chi connectivity index (χ1) is 6.90. The molecular formula is C14H26. The van der Waals surface area contributed by atoms with Gasteiger partial charge < -0.3 is 0 Å². The number of rotatable bonds is 4. The maximum atomic E-state index is 2.32. The first kappa shape index (κ1) is 10.5. The number of hydrogen-bond acceptors (Lipinski definition) is 0. The van der Waals surface area contributed by atoms with Gasteiger partial charge in [-0.15, -0.1) is 0 Å². The van der Waals surface area contributed by atoms with Crippen molar-refractivity contribution >= 4 is 0 Å². The van der Waals surface area contributed by atoms with Crippen LogP contribution in [0.4, 0.5) is 0 Å². The smallest absolute Gasteiger partial charge is 0.0381 e. The van der Waals surface area contributed by atoms with Gasteiger partial charge in [-0.25, -0.2) is 0 Å². The Morgan fingerprint density at radius 2 is 1.64 bits per heavy atom. The molecule has 0 aromatic carbocycles. The lowest BCUT2D eigenvalue weighted by molar-refractivity contribution is 0.0908. The third-order valence-corrected chi connectivity index (χ3v) is 4.55. The SMILES string of the molecule is CCCCC1CC(C2CCCCC2)C1. The van der Waals surface area contributed by atoms with Gasteiger partial charge in [-0.1, -0.05) is 58.3 Å². The highest BCUT2D eigenvalue weighted by molar-refractivity contribution is 4.85. The van der Waals surface area contributed by atoms with Crippen molar-refractivity contribution in [3.8, 4) is 0 Å². The molecule has 2 rings (SSSR count). The van der Waals surface area contributed by atoms with Crippen molar-refractivity contribution < 1.29 is 0 Å². The minimum Gasteiger partial charge on any atom is -0.0654 e. The van der Waals surface area contributed by atoms with Gasteiger partial charge in [-0.05, 0) is 30.6 Å². The van der Waals surface area contributed by atoms with Crippen LogP contribution in [-0.2, 0) is 0 Å². The van der Waals surface area contributed by atoms with Crippen LogP contribution in [0.25, 0.3) is 0 Å². The summed E-state index contributed by atoms with van der Waals surface area (Å²) in [5.41, 5.74) is 0. The summed E-state index contributed by atoms with van der Waals surface area (Å²) in [6, 6.07) is 0. The van der Waals surface area contributed by atoms with Crippen molar-refractivity contribution in [3.05, 3.63) is 0 Å². The molecule has 0 atom stereocenters. The fraction of sp³-hybridized carbons (Fsp3) is 1.00. The normalized spacial score (nSPS) is 34.1. The van der Waals surface area contributed by atoms with Crippen LogP contribution >= 0.6 is 0 Å². The highest BCUT2D eigenvalue weighted by Gasteiger charge is 2.34. The van der Waals surface area contributed by atoms with E-state index in [9.17, 15) is 0 Å². The molecule has 0 radical (unpaired) electrons. The second-order valence-corrected chi connectivity index (χ2v) is 5.64. The molecule has 0 aliphatic heterocycles. The van der Waals surface area contributed by atoms with Gasteiger partial charge in [0.2, 0.25) is 0 Å². The average molecular weight is 194 g/mol. The molecule has 0 saturated heterocycles. The third-order valence-electron chi connectivity index (χ3n) is 4.55. The second-order valence-electron chi connectivity index (χ2n) is 5.64. The zero-order valence-corrected chi connectivity index (χ0v) is 9.80. The topological polar surface area (TPSA) is 0 Å². The Morgan fingerprint density at radius 1 is 0.929 bits per heavy atom. The van der Waals surface area contributed by atoms with Gasteiger partial charge in [-0.3, -0.25) is 0 Å². The lowest BCUT2D eigenvalue weighted by Gasteiger charge is -2.42. The van der Waals surface area contributed by atoms with Crippen LogP contribution in [0.15, 0.2) is 0 Å². The largest absolute Gasteiger partial charge is 0.0654 e. The van der Waals surface area contributed by atoms with Crippen LogP contribution in [-0.4, -0.2) is 0 Å². The molecule has 0 N–H and O–H groups in total. The van der Waals surface area contributed by atoms with Crippen LogP contribution in [0, 0.1) is 17.8 Å². The highest BCUT2D eigenvalue weighted by Crippen LogP contribution is 2.46. The molecule has 0 amide bonds. The molecule has 0 spiro atoms. The first-order valence-electron chi connectivity index (χ1n) is 6.90. The molecule has 0 aromatic heterocycles. The van der Waals surface area contributed by atoms with Crippen LogP contribution < -0.4 is 0 Å². The molecule has 0 unspecified atom stereocenters. The van der Waals surface area contributed by atoms with Gasteiger partial charge in [0.05, 0.1) is 0 Å². The fourth-order valence-corrected chi connectivity index (χ4v) is 3.51. The van der Waals surface area contributed by atoms with E-state index in [1.165, 1.54) is 38.5 Å². The van der Waals surface area contributed by atoms with Crippen molar-refractivity contribution in [1.82, 2.24) is 0 Å². The highest BCUT2D eigenvalue weighted by atomic mass is 14.4. The van der Waals surface area contributed by atoms with Gasteiger partial charge >= 0.3 is 0 Å². The van der Waals surface area contributed by atoms with Gasteiger partial charge in [0.1, 0.15) is 0 Å². The summed E-state index contributed by atoms with van der Waals surface area (Å²) in [7, 11) is 0. The predicted molar refractivity (Wildman–Crippen MR) is 62.3 cm³/mol. The Balaban J connectivity index is 1.61.